The van der Waals surface area contributed by atoms with E-state index in [1.807, 2.05) is 48.7 Å². The Balaban J connectivity index is 1.85. The summed E-state index contributed by atoms with van der Waals surface area (Å²) in [6.45, 7) is 4.07. The minimum atomic E-state index is -0.0729. The van der Waals surface area contributed by atoms with Gasteiger partial charge in [0.15, 0.2) is 0 Å². The largest absolute Gasteiger partial charge is 0.286 e. The summed E-state index contributed by atoms with van der Waals surface area (Å²) in [6.07, 6.45) is 2.75. The SMILES string of the molecule is CCc1nc(/C=C2\SC(=S)N(C(C)c3ccccc3)C2=O)cs1. The fourth-order valence-electron chi connectivity index (χ4n) is 2.38. The van der Waals surface area contributed by atoms with E-state index in [-0.39, 0.29) is 11.9 Å². The second-order valence-corrected chi connectivity index (χ2v) is 7.78. The monoisotopic (exact) mass is 360 g/mol. The van der Waals surface area contributed by atoms with Crippen molar-refractivity contribution in [3.63, 3.8) is 0 Å². The maximum atomic E-state index is 12.7. The second kappa shape index (κ2) is 6.95. The quantitative estimate of drug-likeness (QED) is 0.586. The highest BCUT2D eigenvalue weighted by Gasteiger charge is 2.35. The molecule has 1 atom stereocenters. The van der Waals surface area contributed by atoms with Crippen LogP contribution in [0.15, 0.2) is 40.6 Å². The van der Waals surface area contributed by atoms with Crippen LogP contribution in [0.5, 0.6) is 0 Å². The molecule has 0 radical (unpaired) electrons. The van der Waals surface area contributed by atoms with Crippen molar-refractivity contribution in [2.45, 2.75) is 26.3 Å². The molecule has 3 nitrogen and oxygen atoms in total. The molecule has 23 heavy (non-hydrogen) atoms. The van der Waals surface area contributed by atoms with Gasteiger partial charge in [-0.05, 0) is 25.0 Å². The third-order valence-electron chi connectivity index (χ3n) is 3.64. The van der Waals surface area contributed by atoms with Crippen LogP contribution in [-0.4, -0.2) is 20.1 Å². The molecule has 0 bridgehead atoms. The van der Waals surface area contributed by atoms with Gasteiger partial charge in [0.1, 0.15) is 4.32 Å². The lowest BCUT2D eigenvalue weighted by molar-refractivity contribution is -0.123. The zero-order valence-corrected chi connectivity index (χ0v) is 15.3. The normalized spacial score (nSPS) is 18.0. The summed E-state index contributed by atoms with van der Waals surface area (Å²) in [5, 5.41) is 3.05. The van der Waals surface area contributed by atoms with Gasteiger partial charge in [-0.15, -0.1) is 11.3 Å². The van der Waals surface area contributed by atoms with Crippen molar-refractivity contribution in [2.24, 2.45) is 0 Å². The van der Waals surface area contributed by atoms with Gasteiger partial charge in [-0.1, -0.05) is 61.2 Å². The van der Waals surface area contributed by atoms with E-state index >= 15 is 0 Å². The van der Waals surface area contributed by atoms with Crippen molar-refractivity contribution in [3.8, 4) is 0 Å². The predicted molar refractivity (Wildman–Crippen MR) is 101 cm³/mol. The van der Waals surface area contributed by atoms with Crippen LogP contribution in [0.2, 0.25) is 0 Å². The molecular weight excluding hydrogens is 344 g/mol. The van der Waals surface area contributed by atoms with Gasteiger partial charge >= 0.3 is 0 Å². The van der Waals surface area contributed by atoms with E-state index in [9.17, 15) is 4.79 Å². The minimum absolute atomic E-state index is 0.0394. The Morgan fingerprint density at radius 1 is 1.35 bits per heavy atom. The van der Waals surface area contributed by atoms with Crippen LogP contribution < -0.4 is 0 Å². The van der Waals surface area contributed by atoms with Crippen LogP contribution in [0.3, 0.4) is 0 Å². The number of thiazole rings is 1. The minimum Gasteiger partial charge on any atom is -0.286 e. The summed E-state index contributed by atoms with van der Waals surface area (Å²) in [6, 6.07) is 9.87. The van der Waals surface area contributed by atoms with E-state index in [0.29, 0.717) is 9.23 Å². The number of thioether (sulfide) groups is 1. The number of benzene rings is 1. The zero-order chi connectivity index (χ0) is 16.4. The molecule has 3 rings (SSSR count). The molecule has 0 spiro atoms. The summed E-state index contributed by atoms with van der Waals surface area (Å²) < 4.78 is 0.601. The van der Waals surface area contributed by atoms with Gasteiger partial charge in [-0.3, -0.25) is 9.69 Å². The van der Waals surface area contributed by atoms with Crippen molar-refractivity contribution in [1.82, 2.24) is 9.88 Å². The van der Waals surface area contributed by atoms with Gasteiger partial charge in [-0.2, -0.15) is 0 Å². The Bertz CT molecular complexity index is 767. The molecule has 1 saturated heterocycles. The van der Waals surface area contributed by atoms with Crippen LogP contribution in [0.1, 0.15) is 36.2 Å². The third kappa shape index (κ3) is 3.39. The lowest BCUT2D eigenvalue weighted by Crippen LogP contribution is -2.30. The summed E-state index contributed by atoms with van der Waals surface area (Å²) in [7, 11) is 0. The number of hydrogen-bond donors (Lipinski definition) is 0. The van der Waals surface area contributed by atoms with E-state index in [1.165, 1.54) is 11.8 Å². The Kier molecular flexibility index (Phi) is 4.94. The zero-order valence-electron chi connectivity index (χ0n) is 12.9. The third-order valence-corrected chi connectivity index (χ3v) is 5.99. The van der Waals surface area contributed by atoms with Gasteiger partial charge in [0, 0.05) is 5.38 Å². The average Bonchev–Trinajstić information content (AvgIpc) is 3.13. The van der Waals surface area contributed by atoms with Crippen LogP contribution in [0, 0.1) is 0 Å². The maximum absolute atomic E-state index is 12.7. The second-order valence-electron chi connectivity index (χ2n) is 5.16. The summed E-state index contributed by atoms with van der Waals surface area (Å²) in [4.78, 5) is 19.6. The highest BCUT2D eigenvalue weighted by Crippen LogP contribution is 2.38. The fraction of sp³-hybridized carbons (Fsp3) is 0.235. The average molecular weight is 361 g/mol. The highest BCUT2D eigenvalue weighted by atomic mass is 32.2. The molecule has 0 saturated carbocycles. The first kappa shape index (κ1) is 16.4. The van der Waals surface area contributed by atoms with Crippen LogP contribution >= 0.6 is 35.3 Å². The van der Waals surface area contributed by atoms with E-state index in [0.717, 1.165) is 22.7 Å². The number of rotatable bonds is 4. The van der Waals surface area contributed by atoms with Crippen LogP contribution in [0.25, 0.3) is 6.08 Å². The molecule has 118 valence electrons. The standard InChI is InChI=1S/C17H16N2OS3/c1-3-15-18-13(10-22-15)9-14-16(20)19(17(21)23-14)11(2)12-7-5-4-6-8-12/h4-11H,3H2,1-2H3/b14-9-. The fourth-order valence-corrected chi connectivity index (χ4v) is 4.49. The van der Waals surface area contributed by atoms with Crippen molar-refractivity contribution in [1.29, 1.82) is 0 Å². The van der Waals surface area contributed by atoms with Gasteiger partial charge in [-0.25, -0.2) is 4.98 Å². The summed E-state index contributed by atoms with van der Waals surface area (Å²) >= 11 is 8.39. The Labute approximate surface area is 149 Å². The van der Waals surface area contributed by atoms with Gasteiger partial charge in [0.05, 0.1) is 21.6 Å². The smallest absolute Gasteiger partial charge is 0.266 e. The first-order valence-electron chi connectivity index (χ1n) is 7.36. The number of carbonyl (C=O) groups excluding carboxylic acids is 1. The molecule has 0 aliphatic carbocycles. The molecule has 1 fully saturated rings. The molecule has 1 unspecified atom stereocenters. The summed E-state index contributed by atoms with van der Waals surface area (Å²) in [5.74, 6) is -0.0394. The van der Waals surface area contributed by atoms with Crippen molar-refractivity contribution >= 4 is 51.6 Å². The Morgan fingerprint density at radius 3 is 2.74 bits per heavy atom. The van der Waals surface area contributed by atoms with Crippen LogP contribution in [0.4, 0.5) is 0 Å². The molecular formula is C17H16N2OS3. The number of aromatic nitrogens is 1. The first-order chi connectivity index (χ1) is 11.1. The van der Waals surface area contributed by atoms with E-state index in [1.54, 1.807) is 16.2 Å². The molecule has 2 heterocycles. The van der Waals surface area contributed by atoms with E-state index < -0.39 is 0 Å². The molecule has 1 aromatic heterocycles. The molecule has 0 N–H and O–H groups in total. The number of aryl methyl sites for hydroxylation is 1. The lowest BCUT2D eigenvalue weighted by Gasteiger charge is -2.23. The van der Waals surface area contributed by atoms with Gasteiger partial charge in [0.25, 0.3) is 5.91 Å². The molecule has 2 aromatic rings. The number of hydrogen-bond acceptors (Lipinski definition) is 5. The van der Waals surface area contributed by atoms with Crippen molar-refractivity contribution in [2.75, 3.05) is 0 Å². The van der Waals surface area contributed by atoms with E-state index in [2.05, 4.69) is 11.9 Å². The van der Waals surface area contributed by atoms with Gasteiger partial charge in [0.2, 0.25) is 0 Å². The number of thiocarbonyl (C=S) groups is 1. The topological polar surface area (TPSA) is 33.2 Å². The molecule has 1 aromatic carbocycles. The maximum Gasteiger partial charge on any atom is 0.266 e. The number of amides is 1. The van der Waals surface area contributed by atoms with Crippen molar-refractivity contribution in [3.05, 3.63) is 56.9 Å². The first-order valence-corrected chi connectivity index (χ1v) is 9.47. The highest BCUT2D eigenvalue weighted by molar-refractivity contribution is 8.26. The number of nitrogens with zero attached hydrogens (tertiary/aromatic N) is 2. The Hall–Kier alpha value is -1.50. The van der Waals surface area contributed by atoms with E-state index in [4.69, 9.17) is 12.2 Å². The predicted octanol–water partition coefficient (Wildman–Crippen LogP) is 4.67. The van der Waals surface area contributed by atoms with Crippen molar-refractivity contribution < 1.29 is 4.79 Å². The summed E-state index contributed by atoms with van der Waals surface area (Å²) in [5.41, 5.74) is 1.91. The Morgan fingerprint density at radius 2 is 2.09 bits per heavy atom. The number of carbonyl (C=O) groups is 1. The molecule has 1 aliphatic heterocycles. The van der Waals surface area contributed by atoms with Gasteiger partial charge < -0.3 is 0 Å². The molecule has 1 aliphatic rings. The molecule has 6 heteroatoms. The lowest BCUT2D eigenvalue weighted by atomic mass is 10.1. The van der Waals surface area contributed by atoms with Crippen LogP contribution in [-0.2, 0) is 11.2 Å². The molecule has 1 amide bonds.